The fourth-order valence-electron chi connectivity index (χ4n) is 9.44. The molecule has 12 rings (SSSR count). The molecule has 5 nitrogen and oxygen atoms in total. The van der Waals surface area contributed by atoms with Gasteiger partial charge >= 0.3 is 0 Å². The third-order valence-corrected chi connectivity index (χ3v) is 12.1. The number of fused-ring (bicyclic) bond motifs is 9. The Morgan fingerprint density at radius 3 is 2.12 bits per heavy atom. The van der Waals surface area contributed by atoms with Crippen LogP contribution in [-0.2, 0) is 0 Å². The predicted molar refractivity (Wildman–Crippen MR) is 236 cm³/mol. The number of furan rings is 1. The fourth-order valence-corrected chi connectivity index (χ4v) is 9.44. The molecule has 4 heterocycles. The summed E-state index contributed by atoms with van der Waals surface area (Å²) in [4.78, 5) is 0. The van der Waals surface area contributed by atoms with Crippen molar-refractivity contribution < 1.29 is 4.42 Å². The fraction of sp³-hybridized carbons (Fsp3) is 0.0769. The minimum Gasteiger partial charge on any atom is -0.457 e. The predicted octanol–water partition coefficient (Wildman–Crippen LogP) is 13.3. The maximum atomic E-state index is 6.56. The van der Waals surface area contributed by atoms with E-state index in [9.17, 15) is 0 Å². The summed E-state index contributed by atoms with van der Waals surface area (Å²) >= 11 is 0. The molecule has 0 bridgehead atoms. The molecular formula is C52H38N4O. The highest BCUT2D eigenvalue weighted by Gasteiger charge is 2.34. The molecule has 57 heavy (non-hydrogen) atoms. The van der Waals surface area contributed by atoms with Gasteiger partial charge in [-0.05, 0) is 95.3 Å². The summed E-state index contributed by atoms with van der Waals surface area (Å²) in [7, 11) is 0. The Labute approximate surface area is 329 Å². The highest BCUT2D eigenvalue weighted by Crippen LogP contribution is 2.44. The summed E-state index contributed by atoms with van der Waals surface area (Å²) in [5.74, 6) is 0.905. The Morgan fingerprint density at radius 1 is 0.544 bits per heavy atom. The average molecular weight is 735 g/mol. The first-order valence-corrected chi connectivity index (χ1v) is 19.9. The molecule has 1 aliphatic heterocycles. The lowest BCUT2D eigenvalue weighted by molar-refractivity contribution is 0.371. The van der Waals surface area contributed by atoms with Gasteiger partial charge in [0.15, 0.2) is 6.29 Å². The van der Waals surface area contributed by atoms with E-state index in [2.05, 4.69) is 196 Å². The van der Waals surface area contributed by atoms with Crippen LogP contribution in [-0.4, -0.2) is 9.13 Å². The van der Waals surface area contributed by atoms with E-state index >= 15 is 0 Å². The van der Waals surface area contributed by atoms with Crippen LogP contribution < -0.4 is 10.6 Å². The van der Waals surface area contributed by atoms with Crippen LogP contribution in [0.15, 0.2) is 186 Å². The zero-order valence-corrected chi connectivity index (χ0v) is 31.2. The summed E-state index contributed by atoms with van der Waals surface area (Å²) in [5, 5.41) is 13.9. The standard InChI is InChI=1S/C52H38N4O/c1-3-14-33(15-4-1)35-18-13-19-38(30-35)55-44-23-10-8-21-40(44)43-31-36(27-29-46(43)55)37-26-28-41-39-20-7-11-24-45(39)56(47(41)32-37)52-53-49(34-16-5-2-6-17-34)51-50(54-52)42-22-9-12-25-48(42)57-51/h1-3,5-14,16-32,49,52-54H,4,15H2. The Bertz CT molecular complexity index is 3270. The second-order valence-corrected chi connectivity index (χ2v) is 15.3. The van der Waals surface area contributed by atoms with Gasteiger partial charge in [-0.1, -0.05) is 127 Å². The SMILES string of the molecule is C1=CCCC(c2cccc(-n3c4ccccc4c4cc(-c5ccc6c7ccccc7n(C7Nc8c(oc9ccccc89)C(c8ccccc8)N7)c6c5)ccc43)c2)=C1. The molecule has 0 saturated heterocycles. The number of allylic oxidation sites excluding steroid dienone is 4. The Hall–Kier alpha value is -7.08. The van der Waals surface area contributed by atoms with E-state index in [0.717, 1.165) is 46.3 Å². The monoisotopic (exact) mass is 734 g/mol. The van der Waals surface area contributed by atoms with Crippen LogP contribution in [0.1, 0.15) is 42.1 Å². The van der Waals surface area contributed by atoms with Gasteiger partial charge in [-0.25, -0.2) is 0 Å². The molecule has 2 N–H and O–H groups in total. The second kappa shape index (κ2) is 12.7. The molecule has 2 atom stereocenters. The summed E-state index contributed by atoms with van der Waals surface area (Å²) in [6.07, 6.45) is 8.60. The first-order chi connectivity index (χ1) is 28.3. The largest absolute Gasteiger partial charge is 0.457 e. The van der Waals surface area contributed by atoms with Crippen molar-refractivity contribution in [3.8, 4) is 16.8 Å². The van der Waals surface area contributed by atoms with Crippen LogP contribution in [0.25, 0.3) is 77.0 Å². The maximum absolute atomic E-state index is 6.56. The van der Waals surface area contributed by atoms with Gasteiger partial charge in [-0.2, -0.15) is 0 Å². The molecule has 0 radical (unpaired) electrons. The molecule has 2 aliphatic rings. The minimum atomic E-state index is -0.252. The third kappa shape index (κ3) is 5.06. The van der Waals surface area contributed by atoms with E-state index in [0.29, 0.717) is 0 Å². The molecule has 1 aliphatic carbocycles. The van der Waals surface area contributed by atoms with Gasteiger partial charge in [0, 0.05) is 32.6 Å². The number of anilines is 1. The topological polar surface area (TPSA) is 47.1 Å². The van der Waals surface area contributed by atoms with Crippen molar-refractivity contribution in [3.05, 3.63) is 199 Å². The number of hydrogen-bond donors (Lipinski definition) is 2. The zero-order valence-electron chi connectivity index (χ0n) is 31.2. The Balaban J connectivity index is 1.01. The molecule has 7 aromatic carbocycles. The zero-order chi connectivity index (χ0) is 37.5. The Morgan fingerprint density at radius 2 is 1.26 bits per heavy atom. The van der Waals surface area contributed by atoms with E-state index in [1.54, 1.807) is 0 Å². The van der Waals surface area contributed by atoms with Gasteiger partial charge in [0.25, 0.3) is 0 Å². The van der Waals surface area contributed by atoms with E-state index in [1.807, 2.05) is 6.07 Å². The summed E-state index contributed by atoms with van der Waals surface area (Å²) in [5.41, 5.74) is 14.0. The third-order valence-electron chi connectivity index (χ3n) is 12.1. The van der Waals surface area contributed by atoms with Crippen molar-refractivity contribution in [1.29, 1.82) is 0 Å². The molecule has 0 amide bonds. The van der Waals surface area contributed by atoms with Crippen LogP contribution in [0.4, 0.5) is 5.69 Å². The average Bonchev–Trinajstić information content (AvgIpc) is 3.94. The number of hydrogen-bond acceptors (Lipinski definition) is 3. The highest BCUT2D eigenvalue weighted by molar-refractivity contribution is 6.12. The van der Waals surface area contributed by atoms with E-state index < -0.39 is 0 Å². The van der Waals surface area contributed by atoms with E-state index in [1.165, 1.54) is 66.0 Å². The van der Waals surface area contributed by atoms with Gasteiger partial charge in [0.2, 0.25) is 0 Å². The molecule has 0 spiro atoms. The minimum absolute atomic E-state index is 0.143. The number of nitrogens with zero attached hydrogens (tertiary/aromatic N) is 2. The first kappa shape index (κ1) is 32.2. The van der Waals surface area contributed by atoms with Crippen LogP contribution in [0.2, 0.25) is 0 Å². The van der Waals surface area contributed by atoms with Gasteiger partial charge in [0.05, 0.1) is 33.8 Å². The highest BCUT2D eigenvalue weighted by atomic mass is 16.3. The lowest BCUT2D eigenvalue weighted by Gasteiger charge is -2.34. The van der Waals surface area contributed by atoms with Crippen LogP contribution >= 0.6 is 0 Å². The van der Waals surface area contributed by atoms with Gasteiger partial charge in [-0.15, -0.1) is 0 Å². The molecule has 0 saturated carbocycles. The van der Waals surface area contributed by atoms with Gasteiger partial charge in [-0.3, -0.25) is 5.32 Å². The lowest BCUT2D eigenvalue weighted by atomic mass is 9.97. The molecule has 0 fully saturated rings. The summed E-state index contributed by atoms with van der Waals surface area (Å²) in [6.45, 7) is 0. The molecule has 3 aromatic heterocycles. The quantitative estimate of drug-likeness (QED) is 0.185. The van der Waals surface area contributed by atoms with Crippen LogP contribution in [0.3, 0.4) is 0 Å². The van der Waals surface area contributed by atoms with Crippen LogP contribution in [0.5, 0.6) is 0 Å². The van der Waals surface area contributed by atoms with Crippen LogP contribution in [0, 0.1) is 0 Å². The maximum Gasteiger partial charge on any atom is 0.160 e. The molecular weight excluding hydrogens is 697 g/mol. The number of rotatable bonds is 5. The molecule has 2 unspecified atom stereocenters. The number of aromatic nitrogens is 2. The number of benzene rings is 7. The summed E-state index contributed by atoms with van der Waals surface area (Å²) < 4.78 is 11.4. The summed E-state index contributed by atoms with van der Waals surface area (Å²) in [6, 6.07) is 59.3. The lowest BCUT2D eigenvalue weighted by Crippen LogP contribution is -2.40. The molecule has 10 aromatic rings. The van der Waals surface area contributed by atoms with E-state index in [4.69, 9.17) is 4.42 Å². The van der Waals surface area contributed by atoms with Crippen molar-refractivity contribution >= 4 is 65.8 Å². The Kier molecular flexibility index (Phi) is 7.19. The van der Waals surface area contributed by atoms with Crippen molar-refractivity contribution in [2.75, 3.05) is 5.32 Å². The molecule has 5 heteroatoms. The van der Waals surface area contributed by atoms with Crippen molar-refractivity contribution in [3.63, 3.8) is 0 Å². The van der Waals surface area contributed by atoms with Gasteiger partial charge < -0.3 is 18.9 Å². The number of para-hydroxylation sites is 3. The second-order valence-electron chi connectivity index (χ2n) is 15.3. The first-order valence-electron chi connectivity index (χ1n) is 19.9. The van der Waals surface area contributed by atoms with Gasteiger partial charge in [0.1, 0.15) is 11.3 Å². The smallest absolute Gasteiger partial charge is 0.160 e. The van der Waals surface area contributed by atoms with Crippen molar-refractivity contribution in [1.82, 2.24) is 14.5 Å². The van der Waals surface area contributed by atoms with E-state index in [-0.39, 0.29) is 12.3 Å². The normalized spacial score (nSPS) is 16.7. The van der Waals surface area contributed by atoms with Crippen molar-refractivity contribution in [2.45, 2.75) is 25.2 Å². The number of nitrogens with one attached hydrogen (secondary N) is 2. The molecule has 272 valence electrons. The van der Waals surface area contributed by atoms with Crippen molar-refractivity contribution in [2.24, 2.45) is 0 Å².